The number of aromatic nitrogens is 1. The van der Waals surface area contributed by atoms with E-state index in [9.17, 15) is 9.59 Å². The maximum atomic E-state index is 12.5. The van der Waals surface area contributed by atoms with Crippen molar-refractivity contribution < 1.29 is 14.3 Å². The minimum Gasteiger partial charge on any atom is -0.379 e. The van der Waals surface area contributed by atoms with E-state index < -0.39 is 0 Å². The van der Waals surface area contributed by atoms with Gasteiger partial charge in [-0.15, -0.1) is 0 Å². The van der Waals surface area contributed by atoms with Gasteiger partial charge in [-0.05, 0) is 19.1 Å². The monoisotopic (exact) mass is 395 g/mol. The number of pyridine rings is 1. The first-order valence-corrected chi connectivity index (χ1v) is 9.65. The van der Waals surface area contributed by atoms with Crippen molar-refractivity contribution in [2.75, 3.05) is 64.3 Å². The quantitative estimate of drug-likeness (QED) is 0.733. The summed E-state index contributed by atoms with van der Waals surface area (Å²) in [5.41, 5.74) is 0.510. The lowest BCUT2D eigenvalue weighted by Crippen LogP contribution is -2.55. The van der Waals surface area contributed by atoms with Gasteiger partial charge in [0.25, 0.3) is 0 Å². The Balaban J connectivity index is 1.45. The summed E-state index contributed by atoms with van der Waals surface area (Å²) >= 11 is 6.00. The number of carbonyl (C=O) groups excluding carboxylic acids is 2. The van der Waals surface area contributed by atoms with Crippen LogP contribution in [0.3, 0.4) is 0 Å². The highest BCUT2D eigenvalue weighted by atomic mass is 35.5. The summed E-state index contributed by atoms with van der Waals surface area (Å²) in [7, 11) is 0. The molecule has 0 saturated carbocycles. The van der Waals surface area contributed by atoms with E-state index in [2.05, 4.69) is 20.1 Å². The first kappa shape index (κ1) is 20.0. The van der Waals surface area contributed by atoms with Gasteiger partial charge in [0.2, 0.25) is 11.8 Å². The Morgan fingerprint density at radius 1 is 1.22 bits per heavy atom. The lowest BCUT2D eigenvalue weighted by molar-refractivity contribution is -0.135. The Kier molecular flexibility index (Phi) is 7.01. The summed E-state index contributed by atoms with van der Waals surface area (Å²) in [6, 6.07) is 3.14. The summed E-state index contributed by atoms with van der Waals surface area (Å²) in [5.74, 6) is 0.0220. The van der Waals surface area contributed by atoms with Crippen molar-refractivity contribution in [3.05, 3.63) is 23.5 Å². The molecule has 0 spiro atoms. The number of anilines is 1. The highest BCUT2D eigenvalue weighted by Crippen LogP contribution is 2.18. The first-order valence-electron chi connectivity index (χ1n) is 9.28. The Morgan fingerprint density at radius 3 is 2.59 bits per heavy atom. The molecule has 0 aromatic carbocycles. The summed E-state index contributed by atoms with van der Waals surface area (Å²) < 4.78 is 5.32. The van der Waals surface area contributed by atoms with E-state index in [1.165, 1.54) is 0 Å². The Labute approximate surface area is 164 Å². The van der Waals surface area contributed by atoms with Gasteiger partial charge in [0.05, 0.1) is 31.5 Å². The second-order valence-electron chi connectivity index (χ2n) is 6.81. The molecule has 1 aromatic rings. The number of nitrogens with one attached hydrogen (secondary N) is 1. The largest absolute Gasteiger partial charge is 0.379 e. The molecule has 0 bridgehead atoms. The Morgan fingerprint density at radius 2 is 1.93 bits per heavy atom. The standard InChI is InChI=1S/C18H26ClN5O3/c1-14(18(26)21-15-3-2-4-20-17(15)19)23-5-7-24(8-6-23)16(25)13-22-9-11-27-12-10-22/h2-4,14H,5-13H2,1H3,(H,21,26). The summed E-state index contributed by atoms with van der Waals surface area (Å²) in [4.78, 5) is 35.0. The topological polar surface area (TPSA) is 78.0 Å². The highest BCUT2D eigenvalue weighted by molar-refractivity contribution is 6.32. The Bertz CT molecular complexity index is 660. The van der Waals surface area contributed by atoms with E-state index >= 15 is 0 Å². The number of hydrogen-bond acceptors (Lipinski definition) is 6. The van der Waals surface area contributed by atoms with E-state index in [-0.39, 0.29) is 23.0 Å². The third-order valence-electron chi connectivity index (χ3n) is 5.07. The molecule has 1 unspecified atom stereocenters. The predicted molar refractivity (Wildman–Crippen MR) is 103 cm³/mol. The minimum atomic E-state index is -0.308. The highest BCUT2D eigenvalue weighted by Gasteiger charge is 2.28. The van der Waals surface area contributed by atoms with Crippen LogP contribution in [0.25, 0.3) is 0 Å². The number of halogens is 1. The lowest BCUT2D eigenvalue weighted by Gasteiger charge is -2.38. The Hall–Kier alpha value is -1.74. The minimum absolute atomic E-state index is 0.127. The molecule has 3 rings (SSSR count). The maximum Gasteiger partial charge on any atom is 0.241 e. The fourth-order valence-electron chi connectivity index (χ4n) is 3.29. The molecule has 2 amide bonds. The van der Waals surface area contributed by atoms with Gasteiger partial charge in [0.15, 0.2) is 5.15 Å². The third kappa shape index (κ3) is 5.38. The number of carbonyl (C=O) groups is 2. The van der Waals surface area contributed by atoms with Crippen LogP contribution in [0, 0.1) is 0 Å². The summed E-state index contributed by atoms with van der Waals surface area (Å²) in [6.45, 7) is 7.91. The van der Waals surface area contributed by atoms with Crippen LogP contribution in [0.15, 0.2) is 18.3 Å². The van der Waals surface area contributed by atoms with Crippen LogP contribution in [0.5, 0.6) is 0 Å². The van der Waals surface area contributed by atoms with Gasteiger partial charge in [-0.25, -0.2) is 4.98 Å². The molecule has 148 valence electrons. The second-order valence-corrected chi connectivity index (χ2v) is 7.17. The van der Waals surface area contributed by atoms with E-state index in [1.54, 1.807) is 18.3 Å². The van der Waals surface area contributed by atoms with Gasteiger partial charge < -0.3 is 15.0 Å². The first-order chi connectivity index (χ1) is 13.0. The summed E-state index contributed by atoms with van der Waals surface area (Å²) in [6.07, 6.45) is 1.58. The van der Waals surface area contributed by atoms with E-state index in [1.807, 2.05) is 11.8 Å². The number of nitrogens with zero attached hydrogens (tertiary/aromatic N) is 4. The molecule has 2 aliphatic heterocycles. The fraction of sp³-hybridized carbons (Fsp3) is 0.611. The average Bonchev–Trinajstić information content (AvgIpc) is 2.70. The van der Waals surface area contributed by atoms with Gasteiger partial charge in [0, 0.05) is 45.5 Å². The number of morpholine rings is 1. The maximum absolute atomic E-state index is 12.5. The zero-order valence-corrected chi connectivity index (χ0v) is 16.3. The predicted octanol–water partition coefficient (Wildman–Crippen LogP) is 0.538. The molecule has 27 heavy (non-hydrogen) atoms. The molecule has 2 saturated heterocycles. The lowest BCUT2D eigenvalue weighted by atomic mass is 10.2. The van der Waals surface area contributed by atoms with Crippen LogP contribution in [-0.2, 0) is 14.3 Å². The van der Waals surface area contributed by atoms with Gasteiger partial charge in [-0.3, -0.25) is 19.4 Å². The van der Waals surface area contributed by atoms with Crippen molar-refractivity contribution in [3.63, 3.8) is 0 Å². The van der Waals surface area contributed by atoms with Gasteiger partial charge in [-0.2, -0.15) is 0 Å². The van der Waals surface area contributed by atoms with Crippen LogP contribution in [0.4, 0.5) is 5.69 Å². The number of amides is 2. The SMILES string of the molecule is CC(C(=O)Nc1cccnc1Cl)N1CCN(C(=O)CN2CCOCC2)CC1. The van der Waals surface area contributed by atoms with Crippen molar-refractivity contribution in [1.29, 1.82) is 0 Å². The van der Waals surface area contributed by atoms with Gasteiger partial charge in [-0.1, -0.05) is 11.6 Å². The molecule has 1 atom stereocenters. The molecule has 2 aliphatic rings. The van der Waals surface area contributed by atoms with Gasteiger partial charge in [0.1, 0.15) is 0 Å². The van der Waals surface area contributed by atoms with Crippen LogP contribution in [-0.4, -0.2) is 96.6 Å². The zero-order chi connectivity index (χ0) is 19.2. The van der Waals surface area contributed by atoms with Gasteiger partial charge >= 0.3 is 0 Å². The van der Waals surface area contributed by atoms with E-state index in [0.717, 1.165) is 13.1 Å². The molecule has 0 aliphatic carbocycles. The molecular weight excluding hydrogens is 370 g/mol. The van der Waals surface area contributed by atoms with Crippen molar-refractivity contribution in [2.24, 2.45) is 0 Å². The number of piperazine rings is 1. The van der Waals surface area contributed by atoms with Crippen LogP contribution in [0.1, 0.15) is 6.92 Å². The molecule has 1 N–H and O–H groups in total. The molecule has 3 heterocycles. The van der Waals surface area contributed by atoms with Crippen molar-refractivity contribution in [1.82, 2.24) is 19.7 Å². The van der Waals surface area contributed by atoms with Crippen molar-refractivity contribution >= 4 is 29.1 Å². The van der Waals surface area contributed by atoms with Crippen LogP contribution >= 0.6 is 11.6 Å². The number of hydrogen-bond donors (Lipinski definition) is 1. The van der Waals surface area contributed by atoms with Crippen LogP contribution < -0.4 is 5.32 Å². The molecule has 1 aromatic heterocycles. The summed E-state index contributed by atoms with van der Waals surface area (Å²) in [5, 5.41) is 3.10. The molecule has 8 nitrogen and oxygen atoms in total. The van der Waals surface area contributed by atoms with E-state index in [0.29, 0.717) is 51.6 Å². The second kappa shape index (κ2) is 9.45. The number of ether oxygens (including phenoxy) is 1. The number of rotatable bonds is 5. The van der Waals surface area contributed by atoms with Crippen LogP contribution in [0.2, 0.25) is 5.15 Å². The van der Waals surface area contributed by atoms with Crippen molar-refractivity contribution in [2.45, 2.75) is 13.0 Å². The average molecular weight is 396 g/mol. The molecular formula is C18H26ClN5O3. The fourth-order valence-corrected chi connectivity index (χ4v) is 3.46. The molecule has 9 heteroatoms. The normalized spacial score (nSPS) is 20.3. The molecule has 0 radical (unpaired) electrons. The zero-order valence-electron chi connectivity index (χ0n) is 15.6. The van der Waals surface area contributed by atoms with Crippen molar-refractivity contribution in [3.8, 4) is 0 Å². The van der Waals surface area contributed by atoms with E-state index in [4.69, 9.17) is 16.3 Å². The third-order valence-corrected chi connectivity index (χ3v) is 5.37. The smallest absolute Gasteiger partial charge is 0.241 e. The molecule has 2 fully saturated rings.